The van der Waals surface area contributed by atoms with Crippen molar-refractivity contribution in [1.29, 1.82) is 0 Å². The Bertz CT molecular complexity index is 240. The SMILES string of the molecule is CCC1CCC(NC2=NCCCS2)C1C. The average molecular weight is 226 g/mol. The predicted molar refractivity (Wildman–Crippen MR) is 68.5 cm³/mol. The molecule has 0 bridgehead atoms. The fraction of sp³-hybridized carbons (Fsp3) is 0.917. The minimum Gasteiger partial charge on any atom is -0.362 e. The van der Waals surface area contributed by atoms with Gasteiger partial charge in [0, 0.05) is 18.3 Å². The topological polar surface area (TPSA) is 24.4 Å². The lowest BCUT2D eigenvalue weighted by molar-refractivity contribution is 0.369. The summed E-state index contributed by atoms with van der Waals surface area (Å²) in [5.41, 5.74) is 0. The van der Waals surface area contributed by atoms with Gasteiger partial charge in [0.05, 0.1) is 0 Å². The van der Waals surface area contributed by atoms with Crippen molar-refractivity contribution in [3.05, 3.63) is 0 Å². The quantitative estimate of drug-likeness (QED) is 0.783. The van der Waals surface area contributed by atoms with Crippen molar-refractivity contribution in [2.75, 3.05) is 12.3 Å². The van der Waals surface area contributed by atoms with Crippen LogP contribution in [0.4, 0.5) is 0 Å². The first-order valence-corrected chi connectivity index (χ1v) is 7.23. The van der Waals surface area contributed by atoms with Gasteiger partial charge in [0.25, 0.3) is 0 Å². The predicted octanol–water partition coefficient (Wildman–Crippen LogP) is 2.89. The van der Waals surface area contributed by atoms with Crippen LogP contribution in [-0.2, 0) is 0 Å². The highest BCUT2D eigenvalue weighted by atomic mass is 32.2. The smallest absolute Gasteiger partial charge is 0.156 e. The summed E-state index contributed by atoms with van der Waals surface area (Å²) in [5.74, 6) is 2.99. The van der Waals surface area contributed by atoms with Crippen molar-refractivity contribution in [2.24, 2.45) is 16.8 Å². The van der Waals surface area contributed by atoms with Gasteiger partial charge >= 0.3 is 0 Å². The van der Waals surface area contributed by atoms with Crippen LogP contribution in [0.25, 0.3) is 0 Å². The van der Waals surface area contributed by atoms with E-state index in [-0.39, 0.29) is 0 Å². The van der Waals surface area contributed by atoms with E-state index in [4.69, 9.17) is 0 Å². The van der Waals surface area contributed by atoms with E-state index >= 15 is 0 Å². The maximum absolute atomic E-state index is 4.55. The number of nitrogens with zero attached hydrogens (tertiary/aromatic N) is 1. The molecule has 0 aromatic rings. The summed E-state index contributed by atoms with van der Waals surface area (Å²) in [6, 6.07) is 0.680. The van der Waals surface area contributed by atoms with Crippen LogP contribution in [0.5, 0.6) is 0 Å². The first kappa shape index (κ1) is 11.3. The molecule has 15 heavy (non-hydrogen) atoms. The molecule has 2 nitrogen and oxygen atoms in total. The van der Waals surface area contributed by atoms with Crippen molar-refractivity contribution < 1.29 is 0 Å². The Morgan fingerprint density at radius 1 is 1.47 bits per heavy atom. The molecule has 2 rings (SSSR count). The Morgan fingerprint density at radius 3 is 2.93 bits per heavy atom. The van der Waals surface area contributed by atoms with Crippen molar-refractivity contribution in [3.8, 4) is 0 Å². The van der Waals surface area contributed by atoms with Gasteiger partial charge in [0.15, 0.2) is 5.17 Å². The Balaban J connectivity index is 1.87. The molecule has 0 amide bonds. The van der Waals surface area contributed by atoms with Gasteiger partial charge in [-0.2, -0.15) is 0 Å². The lowest BCUT2D eigenvalue weighted by Gasteiger charge is -2.23. The molecule has 0 radical (unpaired) electrons. The molecular formula is C12H22N2S. The van der Waals surface area contributed by atoms with Crippen molar-refractivity contribution in [1.82, 2.24) is 5.32 Å². The second-order valence-electron chi connectivity index (χ2n) is 4.74. The molecule has 0 aromatic heterocycles. The minimum absolute atomic E-state index is 0.680. The zero-order valence-electron chi connectivity index (χ0n) is 9.83. The fourth-order valence-electron chi connectivity index (χ4n) is 2.73. The van der Waals surface area contributed by atoms with E-state index in [0.717, 1.165) is 18.4 Å². The maximum Gasteiger partial charge on any atom is 0.156 e. The maximum atomic E-state index is 4.55. The Hall–Kier alpha value is -0.180. The minimum atomic E-state index is 0.680. The Kier molecular flexibility index (Phi) is 3.95. The van der Waals surface area contributed by atoms with E-state index in [1.807, 2.05) is 11.8 Å². The molecule has 3 unspecified atom stereocenters. The average Bonchev–Trinajstić information content (AvgIpc) is 2.62. The number of nitrogens with one attached hydrogen (secondary N) is 1. The van der Waals surface area contributed by atoms with Crippen LogP contribution in [0, 0.1) is 11.8 Å². The van der Waals surface area contributed by atoms with Crippen LogP contribution in [0.2, 0.25) is 0 Å². The second kappa shape index (κ2) is 5.24. The second-order valence-corrected chi connectivity index (χ2v) is 5.83. The molecule has 3 heteroatoms. The molecule has 1 aliphatic carbocycles. The van der Waals surface area contributed by atoms with Gasteiger partial charge in [-0.1, -0.05) is 32.0 Å². The van der Waals surface area contributed by atoms with E-state index in [2.05, 4.69) is 24.2 Å². The summed E-state index contributed by atoms with van der Waals surface area (Å²) in [5, 5.41) is 4.85. The zero-order valence-corrected chi connectivity index (χ0v) is 10.6. The molecule has 2 aliphatic rings. The molecule has 1 N–H and O–H groups in total. The number of rotatable bonds is 2. The van der Waals surface area contributed by atoms with Crippen LogP contribution in [0.3, 0.4) is 0 Å². The molecule has 0 spiro atoms. The van der Waals surface area contributed by atoms with Crippen LogP contribution in [0.15, 0.2) is 4.99 Å². The summed E-state index contributed by atoms with van der Waals surface area (Å²) in [7, 11) is 0. The standard InChI is InChI=1S/C12H22N2S/c1-3-10-5-6-11(9(10)2)14-12-13-7-4-8-15-12/h9-11H,3-8H2,1-2H3,(H,13,14). The molecule has 86 valence electrons. The third-order valence-corrected chi connectivity index (χ3v) is 4.87. The number of aliphatic imine (C=N–C) groups is 1. The van der Waals surface area contributed by atoms with Crippen LogP contribution in [0.1, 0.15) is 39.5 Å². The van der Waals surface area contributed by atoms with Gasteiger partial charge in [-0.25, -0.2) is 0 Å². The number of hydrogen-bond donors (Lipinski definition) is 1. The van der Waals surface area contributed by atoms with Gasteiger partial charge in [-0.15, -0.1) is 0 Å². The van der Waals surface area contributed by atoms with Crippen LogP contribution in [-0.4, -0.2) is 23.5 Å². The molecule has 1 heterocycles. The third-order valence-electron chi connectivity index (χ3n) is 3.86. The van der Waals surface area contributed by atoms with E-state index in [1.54, 1.807) is 0 Å². The highest BCUT2D eigenvalue weighted by Gasteiger charge is 2.32. The van der Waals surface area contributed by atoms with E-state index in [0.29, 0.717) is 6.04 Å². The fourth-order valence-corrected chi connectivity index (χ4v) is 3.62. The van der Waals surface area contributed by atoms with Crippen molar-refractivity contribution in [3.63, 3.8) is 0 Å². The van der Waals surface area contributed by atoms with E-state index < -0.39 is 0 Å². The summed E-state index contributed by atoms with van der Waals surface area (Å²) >= 11 is 1.90. The molecule has 0 saturated heterocycles. The van der Waals surface area contributed by atoms with Gasteiger partial charge < -0.3 is 5.32 Å². The molecule has 1 fully saturated rings. The number of hydrogen-bond acceptors (Lipinski definition) is 3. The summed E-state index contributed by atoms with van der Waals surface area (Å²) in [4.78, 5) is 4.55. The Morgan fingerprint density at radius 2 is 2.33 bits per heavy atom. The molecule has 3 atom stereocenters. The Labute approximate surface area is 97.3 Å². The normalized spacial score (nSPS) is 36.4. The lowest BCUT2D eigenvalue weighted by atomic mass is 9.94. The highest BCUT2D eigenvalue weighted by molar-refractivity contribution is 8.13. The number of amidine groups is 1. The summed E-state index contributed by atoms with van der Waals surface area (Å²) < 4.78 is 0. The van der Waals surface area contributed by atoms with E-state index in [1.165, 1.54) is 36.6 Å². The van der Waals surface area contributed by atoms with Crippen LogP contribution >= 0.6 is 11.8 Å². The van der Waals surface area contributed by atoms with Gasteiger partial charge in [-0.05, 0) is 31.1 Å². The molecule has 0 aromatic carbocycles. The van der Waals surface area contributed by atoms with Gasteiger partial charge in [-0.3, -0.25) is 4.99 Å². The van der Waals surface area contributed by atoms with Crippen molar-refractivity contribution >= 4 is 16.9 Å². The monoisotopic (exact) mass is 226 g/mol. The zero-order chi connectivity index (χ0) is 10.7. The first-order valence-electron chi connectivity index (χ1n) is 6.25. The molecule has 1 saturated carbocycles. The lowest BCUT2D eigenvalue weighted by Crippen LogP contribution is -2.37. The molecule has 1 aliphatic heterocycles. The van der Waals surface area contributed by atoms with Crippen LogP contribution < -0.4 is 5.32 Å². The first-order chi connectivity index (χ1) is 7.31. The highest BCUT2D eigenvalue weighted by Crippen LogP contribution is 2.34. The van der Waals surface area contributed by atoms with Crippen molar-refractivity contribution in [2.45, 2.75) is 45.6 Å². The largest absolute Gasteiger partial charge is 0.362 e. The summed E-state index contributed by atoms with van der Waals surface area (Å²) in [6.45, 7) is 5.73. The van der Waals surface area contributed by atoms with E-state index in [9.17, 15) is 0 Å². The van der Waals surface area contributed by atoms with Gasteiger partial charge in [0.1, 0.15) is 0 Å². The molecular weight excluding hydrogens is 204 g/mol. The number of thioether (sulfide) groups is 1. The van der Waals surface area contributed by atoms with Gasteiger partial charge in [0.2, 0.25) is 0 Å². The third kappa shape index (κ3) is 2.68. The summed E-state index contributed by atoms with van der Waals surface area (Å²) in [6.07, 6.45) is 5.30.